The number of carbonyl (C=O) groups is 3. The highest BCUT2D eigenvalue weighted by molar-refractivity contribution is 6.42. The van der Waals surface area contributed by atoms with Gasteiger partial charge in [0, 0.05) is 43.5 Å². The largest absolute Gasteiger partial charge is 0.497 e. The van der Waals surface area contributed by atoms with Crippen molar-refractivity contribution in [3.8, 4) is 5.75 Å². The van der Waals surface area contributed by atoms with E-state index in [1.165, 1.54) is 35.1 Å². The number of nitrogens with zero attached hydrogens (tertiary/aromatic N) is 2. The first-order chi connectivity index (χ1) is 15.8. The fourth-order valence-electron chi connectivity index (χ4n) is 3.51. The zero-order valence-corrected chi connectivity index (χ0v) is 19.5. The number of nitrogens with one attached hydrogen (secondary N) is 2. The molecule has 0 spiro atoms. The fourth-order valence-corrected chi connectivity index (χ4v) is 3.81. The van der Waals surface area contributed by atoms with Gasteiger partial charge in [0.2, 0.25) is 0 Å². The summed E-state index contributed by atoms with van der Waals surface area (Å²) in [6, 6.07) is 10.8. The number of hydrogen-bond donors (Lipinski definition) is 3. The Bertz CT molecular complexity index is 1040. The molecule has 9 nitrogen and oxygen atoms in total. The van der Waals surface area contributed by atoms with E-state index in [0.717, 1.165) is 0 Å². The quantitative estimate of drug-likeness (QED) is 0.571. The molecule has 1 heterocycles. The summed E-state index contributed by atoms with van der Waals surface area (Å²) in [5, 5.41) is 5.98. The lowest BCUT2D eigenvalue weighted by Gasteiger charge is -2.42. The summed E-state index contributed by atoms with van der Waals surface area (Å²) in [5.74, 6) is -0.380. The average Bonchev–Trinajstić information content (AvgIpc) is 2.83. The highest BCUT2D eigenvalue weighted by atomic mass is 35.5. The van der Waals surface area contributed by atoms with Crippen LogP contribution in [0.15, 0.2) is 42.5 Å². The van der Waals surface area contributed by atoms with Crippen molar-refractivity contribution < 1.29 is 19.1 Å². The second-order valence-electron chi connectivity index (χ2n) is 7.29. The Balaban J connectivity index is 1.89. The normalized spacial score (nSPS) is 15.7. The molecule has 0 bridgehead atoms. The molecule has 4 N–H and O–H groups in total. The molecule has 1 saturated heterocycles. The van der Waals surface area contributed by atoms with Gasteiger partial charge in [-0.05, 0) is 36.8 Å². The molecule has 176 valence electrons. The summed E-state index contributed by atoms with van der Waals surface area (Å²) in [7, 11) is 1.52. The number of urea groups is 1. The third-order valence-electron chi connectivity index (χ3n) is 5.08. The molecule has 2 aromatic rings. The molecule has 11 heteroatoms. The summed E-state index contributed by atoms with van der Waals surface area (Å²) in [6.45, 7) is 0.981. The van der Waals surface area contributed by atoms with Gasteiger partial charge in [0.15, 0.2) is 6.17 Å². The highest BCUT2D eigenvalue weighted by Gasteiger charge is 2.40. The summed E-state index contributed by atoms with van der Waals surface area (Å²) in [6.07, 6.45) is -0.683. The maximum atomic E-state index is 13.3. The molecule has 33 heavy (non-hydrogen) atoms. The van der Waals surface area contributed by atoms with E-state index in [0.29, 0.717) is 22.9 Å². The van der Waals surface area contributed by atoms with Crippen LogP contribution in [0.3, 0.4) is 0 Å². The van der Waals surface area contributed by atoms with E-state index >= 15 is 0 Å². The summed E-state index contributed by atoms with van der Waals surface area (Å²) >= 11 is 12.0. The number of benzene rings is 2. The molecule has 2 aromatic carbocycles. The van der Waals surface area contributed by atoms with Crippen LogP contribution in [0.1, 0.15) is 16.8 Å². The third kappa shape index (κ3) is 5.87. The fraction of sp³-hybridized carbons (Fsp3) is 0.318. The van der Waals surface area contributed by atoms with Gasteiger partial charge >= 0.3 is 6.03 Å². The Labute approximate surface area is 201 Å². The van der Waals surface area contributed by atoms with Crippen molar-refractivity contribution in [3.63, 3.8) is 0 Å². The number of rotatable bonds is 6. The number of amides is 4. The van der Waals surface area contributed by atoms with Gasteiger partial charge in [-0.1, -0.05) is 29.3 Å². The zero-order chi connectivity index (χ0) is 24.0. The lowest BCUT2D eigenvalue weighted by molar-refractivity contribution is -0.132. The SMILES string of the molecule is COc1cccc(NC(=O)N2CCCN(C(=O)c3ccc(Cl)c(Cl)c3)C2C(=O)NCCN)c1. The minimum Gasteiger partial charge on any atom is -0.497 e. The topological polar surface area (TPSA) is 117 Å². The first-order valence-corrected chi connectivity index (χ1v) is 11.1. The average molecular weight is 494 g/mol. The smallest absolute Gasteiger partial charge is 0.323 e. The van der Waals surface area contributed by atoms with Gasteiger partial charge in [-0.3, -0.25) is 14.5 Å². The number of anilines is 1. The number of hydrogen-bond acceptors (Lipinski definition) is 5. The molecule has 0 aromatic heterocycles. The molecule has 3 rings (SSSR count). The van der Waals surface area contributed by atoms with Gasteiger partial charge in [-0.2, -0.15) is 0 Å². The molecule has 0 radical (unpaired) electrons. The molecule has 0 aliphatic carbocycles. The second-order valence-corrected chi connectivity index (χ2v) is 8.10. The van der Waals surface area contributed by atoms with Crippen LogP contribution in [-0.2, 0) is 4.79 Å². The van der Waals surface area contributed by atoms with Crippen LogP contribution < -0.4 is 21.1 Å². The number of ether oxygens (including phenoxy) is 1. The molecule has 0 saturated carbocycles. The van der Waals surface area contributed by atoms with E-state index in [1.807, 2.05) is 0 Å². The summed E-state index contributed by atoms with van der Waals surface area (Å²) < 4.78 is 5.19. The van der Waals surface area contributed by atoms with Crippen molar-refractivity contribution in [2.24, 2.45) is 5.73 Å². The van der Waals surface area contributed by atoms with E-state index in [2.05, 4.69) is 10.6 Å². The van der Waals surface area contributed by atoms with E-state index in [-0.39, 0.29) is 36.8 Å². The summed E-state index contributed by atoms with van der Waals surface area (Å²) in [4.78, 5) is 42.2. The summed E-state index contributed by atoms with van der Waals surface area (Å²) in [5.41, 5.74) is 6.27. The van der Waals surface area contributed by atoms with Crippen molar-refractivity contribution in [2.45, 2.75) is 12.6 Å². The van der Waals surface area contributed by atoms with Crippen molar-refractivity contribution in [2.75, 3.05) is 38.6 Å². The number of halogens is 2. The minimum absolute atomic E-state index is 0.204. The first kappa shape index (κ1) is 24.6. The zero-order valence-electron chi connectivity index (χ0n) is 18.0. The van der Waals surface area contributed by atoms with Crippen molar-refractivity contribution in [1.29, 1.82) is 0 Å². The monoisotopic (exact) mass is 493 g/mol. The standard InChI is InChI=1S/C22H25Cl2N5O4/c1-33-16-5-2-4-15(13-16)27-22(32)29-11-3-10-28(20(29)19(30)26-9-8-25)21(31)14-6-7-17(23)18(24)12-14/h2,4-7,12-13,20H,3,8-11,25H2,1H3,(H,26,30)(H,27,32). The highest BCUT2D eigenvalue weighted by Crippen LogP contribution is 2.26. The van der Waals surface area contributed by atoms with Crippen LogP contribution in [0.2, 0.25) is 10.0 Å². The Morgan fingerprint density at radius 1 is 1.09 bits per heavy atom. The Morgan fingerprint density at radius 3 is 2.55 bits per heavy atom. The van der Waals surface area contributed by atoms with Gasteiger partial charge in [-0.25, -0.2) is 4.79 Å². The van der Waals surface area contributed by atoms with E-state index in [9.17, 15) is 14.4 Å². The number of methoxy groups -OCH3 is 1. The van der Waals surface area contributed by atoms with Crippen LogP contribution in [0, 0.1) is 0 Å². The van der Waals surface area contributed by atoms with Crippen LogP contribution >= 0.6 is 23.2 Å². The molecular weight excluding hydrogens is 469 g/mol. The van der Waals surface area contributed by atoms with Crippen molar-refractivity contribution in [1.82, 2.24) is 15.1 Å². The first-order valence-electron chi connectivity index (χ1n) is 10.3. The Morgan fingerprint density at radius 2 is 1.85 bits per heavy atom. The maximum absolute atomic E-state index is 13.3. The van der Waals surface area contributed by atoms with Crippen LogP contribution in [0.4, 0.5) is 10.5 Å². The predicted molar refractivity (Wildman–Crippen MR) is 127 cm³/mol. The lowest BCUT2D eigenvalue weighted by Crippen LogP contribution is -2.64. The van der Waals surface area contributed by atoms with Crippen molar-refractivity contribution in [3.05, 3.63) is 58.1 Å². The minimum atomic E-state index is -1.17. The van der Waals surface area contributed by atoms with Gasteiger partial charge in [0.05, 0.1) is 17.2 Å². The van der Waals surface area contributed by atoms with Crippen LogP contribution in [-0.4, -0.2) is 67.1 Å². The van der Waals surface area contributed by atoms with E-state index in [1.54, 1.807) is 24.3 Å². The van der Waals surface area contributed by atoms with Gasteiger partial charge in [0.25, 0.3) is 11.8 Å². The molecule has 1 aliphatic heterocycles. The van der Waals surface area contributed by atoms with Crippen molar-refractivity contribution >= 4 is 46.7 Å². The predicted octanol–water partition coefficient (Wildman–Crippen LogP) is 2.78. The maximum Gasteiger partial charge on any atom is 0.323 e. The molecular formula is C22H25Cl2N5O4. The van der Waals surface area contributed by atoms with E-state index in [4.69, 9.17) is 33.7 Å². The van der Waals surface area contributed by atoms with Gasteiger partial charge in [-0.15, -0.1) is 0 Å². The van der Waals surface area contributed by atoms with E-state index < -0.39 is 24.0 Å². The molecule has 1 aliphatic rings. The molecule has 1 unspecified atom stereocenters. The number of carbonyl (C=O) groups excluding carboxylic acids is 3. The van der Waals surface area contributed by atoms with Gasteiger partial charge < -0.3 is 26.0 Å². The lowest BCUT2D eigenvalue weighted by atomic mass is 10.1. The van der Waals surface area contributed by atoms with Gasteiger partial charge in [0.1, 0.15) is 5.75 Å². The number of nitrogens with two attached hydrogens (primary N) is 1. The Kier molecular flexibility index (Phi) is 8.37. The third-order valence-corrected chi connectivity index (χ3v) is 5.81. The Hall–Kier alpha value is -3.01. The molecule has 1 atom stereocenters. The second kappa shape index (κ2) is 11.2. The molecule has 4 amide bonds. The van der Waals surface area contributed by atoms with Crippen LogP contribution in [0.25, 0.3) is 0 Å². The van der Waals surface area contributed by atoms with Crippen LogP contribution in [0.5, 0.6) is 5.75 Å². The molecule has 1 fully saturated rings.